The highest BCUT2D eigenvalue weighted by Crippen LogP contribution is 2.31. The first-order chi connectivity index (χ1) is 16.0. The Bertz CT molecular complexity index is 1140. The summed E-state index contributed by atoms with van der Waals surface area (Å²) in [5.74, 6) is 1.55. The van der Waals surface area contributed by atoms with E-state index in [4.69, 9.17) is 4.74 Å². The van der Waals surface area contributed by atoms with Crippen molar-refractivity contribution in [2.75, 3.05) is 35.8 Å². The maximum absolute atomic E-state index is 13.3. The van der Waals surface area contributed by atoms with Gasteiger partial charge in [-0.3, -0.25) is 0 Å². The zero-order chi connectivity index (χ0) is 23.2. The van der Waals surface area contributed by atoms with Crippen molar-refractivity contribution in [3.05, 3.63) is 56.7 Å². The van der Waals surface area contributed by atoms with Gasteiger partial charge in [-0.1, -0.05) is 15.9 Å². The number of piperidine rings is 1. The van der Waals surface area contributed by atoms with Gasteiger partial charge in [-0.2, -0.15) is 20.1 Å². The Hall–Kier alpha value is -2.50. The van der Waals surface area contributed by atoms with Gasteiger partial charge in [0.2, 0.25) is 17.8 Å². The Kier molecular flexibility index (Phi) is 9.43. The van der Waals surface area contributed by atoms with E-state index in [9.17, 15) is 4.39 Å². The Morgan fingerprint density at radius 1 is 1.03 bits per heavy atom. The number of hydrazone groups is 1. The fourth-order valence-electron chi connectivity index (χ4n) is 3.42. The molecule has 12 heteroatoms. The number of ether oxygens (including phenoxy) is 1. The number of nitrogens with zero attached hydrogens (tertiary/aromatic N) is 5. The van der Waals surface area contributed by atoms with Gasteiger partial charge in [-0.25, -0.2) is 9.82 Å². The number of nitrogens with one attached hydrogen (secondary N) is 2. The van der Waals surface area contributed by atoms with Crippen LogP contribution in [0.5, 0.6) is 5.75 Å². The molecule has 3 aromatic rings. The normalized spacial score (nSPS) is 13.5. The fraction of sp³-hybridized carbons (Fsp3) is 0.273. The summed E-state index contributed by atoms with van der Waals surface area (Å²) in [5.41, 5.74) is 4.33. The molecule has 8 nitrogen and oxygen atoms in total. The molecule has 2 heterocycles. The van der Waals surface area contributed by atoms with E-state index in [0.717, 1.165) is 40.4 Å². The van der Waals surface area contributed by atoms with Gasteiger partial charge in [-0.05, 0) is 71.6 Å². The lowest BCUT2D eigenvalue weighted by molar-refractivity contribution is 0.411. The first-order valence-electron chi connectivity index (χ1n) is 10.4. The summed E-state index contributed by atoms with van der Waals surface area (Å²) in [7, 11) is 1.60. The average molecular weight is 616 g/mol. The third-order valence-corrected chi connectivity index (χ3v) is 6.02. The van der Waals surface area contributed by atoms with Gasteiger partial charge in [-0.15, -0.1) is 12.4 Å². The van der Waals surface area contributed by atoms with Gasteiger partial charge in [0.05, 0.1) is 17.8 Å². The van der Waals surface area contributed by atoms with Crippen molar-refractivity contribution in [1.82, 2.24) is 15.0 Å². The molecule has 1 aromatic heterocycles. The summed E-state index contributed by atoms with van der Waals surface area (Å²) >= 11 is 6.96. The van der Waals surface area contributed by atoms with E-state index in [0.29, 0.717) is 29.3 Å². The SMILES string of the molecule is COc1c(Br)cc(Br)cc1/C=N/Nc1nc(Nc2ccc(F)cc2)nc(N2CCCCC2)n1.Cl. The van der Waals surface area contributed by atoms with Crippen LogP contribution in [0.2, 0.25) is 0 Å². The molecule has 2 N–H and O–H groups in total. The van der Waals surface area contributed by atoms with Crippen molar-refractivity contribution in [2.24, 2.45) is 5.10 Å². The van der Waals surface area contributed by atoms with Crippen LogP contribution in [0.25, 0.3) is 0 Å². The van der Waals surface area contributed by atoms with E-state index < -0.39 is 0 Å². The lowest BCUT2D eigenvalue weighted by Crippen LogP contribution is -2.31. The molecule has 0 saturated carbocycles. The van der Waals surface area contributed by atoms with E-state index in [1.807, 2.05) is 12.1 Å². The minimum atomic E-state index is -0.309. The van der Waals surface area contributed by atoms with E-state index in [2.05, 4.69) is 67.6 Å². The van der Waals surface area contributed by atoms with Gasteiger partial charge >= 0.3 is 0 Å². The number of benzene rings is 2. The molecule has 4 rings (SSSR count). The molecule has 0 bridgehead atoms. The minimum Gasteiger partial charge on any atom is -0.495 e. The summed E-state index contributed by atoms with van der Waals surface area (Å²) in [6, 6.07) is 9.80. The lowest BCUT2D eigenvalue weighted by atomic mass is 10.1. The molecule has 0 amide bonds. The number of hydrogen-bond acceptors (Lipinski definition) is 8. The smallest absolute Gasteiger partial charge is 0.250 e. The third-order valence-electron chi connectivity index (χ3n) is 4.97. The highest BCUT2D eigenvalue weighted by Gasteiger charge is 2.16. The van der Waals surface area contributed by atoms with E-state index in [1.54, 1.807) is 25.5 Å². The van der Waals surface area contributed by atoms with Crippen LogP contribution in [0.1, 0.15) is 24.8 Å². The number of methoxy groups -OCH3 is 1. The standard InChI is InChI=1S/C22H22Br2FN7O.ClH/c1-33-19-14(11-15(23)12-18(19)24)13-26-31-21-28-20(27-17-7-5-16(25)6-8-17)29-22(30-21)32-9-3-2-4-10-32;/h5-8,11-13H,2-4,9-10H2,1H3,(H2,27,28,29,30,31);1H/b26-13+;. The van der Waals surface area contributed by atoms with Crippen LogP contribution in [0, 0.1) is 5.82 Å². The summed E-state index contributed by atoms with van der Waals surface area (Å²) in [6.07, 6.45) is 5.00. The van der Waals surface area contributed by atoms with Gasteiger partial charge < -0.3 is 15.0 Å². The van der Waals surface area contributed by atoms with Crippen molar-refractivity contribution in [2.45, 2.75) is 19.3 Å². The zero-order valence-corrected chi connectivity index (χ0v) is 22.3. The molecule has 0 aliphatic carbocycles. The molecule has 1 aliphatic heterocycles. The average Bonchev–Trinajstić information content (AvgIpc) is 2.81. The quantitative estimate of drug-likeness (QED) is 0.244. The summed E-state index contributed by atoms with van der Waals surface area (Å²) in [4.78, 5) is 15.7. The Labute approximate surface area is 220 Å². The topological polar surface area (TPSA) is 87.6 Å². The van der Waals surface area contributed by atoms with Gasteiger partial charge in [0.1, 0.15) is 11.6 Å². The second-order valence-electron chi connectivity index (χ2n) is 7.34. The molecular weight excluding hydrogens is 593 g/mol. The van der Waals surface area contributed by atoms with Crippen LogP contribution >= 0.6 is 44.3 Å². The first kappa shape index (κ1) is 26.1. The monoisotopic (exact) mass is 613 g/mol. The zero-order valence-electron chi connectivity index (χ0n) is 18.3. The van der Waals surface area contributed by atoms with Crippen LogP contribution in [-0.2, 0) is 0 Å². The lowest BCUT2D eigenvalue weighted by Gasteiger charge is -2.26. The van der Waals surface area contributed by atoms with E-state index >= 15 is 0 Å². The van der Waals surface area contributed by atoms with Gasteiger partial charge in [0.25, 0.3) is 0 Å². The maximum Gasteiger partial charge on any atom is 0.250 e. The number of anilines is 4. The van der Waals surface area contributed by atoms with Crippen LogP contribution in [0.3, 0.4) is 0 Å². The molecule has 0 atom stereocenters. The molecule has 180 valence electrons. The van der Waals surface area contributed by atoms with Crippen LogP contribution in [-0.4, -0.2) is 41.4 Å². The molecule has 1 aliphatic rings. The van der Waals surface area contributed by atoms with Gasteiger partial charge in [0, 0.05) is 28.8 Å². The summed E-state index contributed by atoms with van der Waals surface area (Å²) in [6.45, 7) is 1.76. The molecular formula is C22H23Br2ClFN7O. The molecule has 0 radical (unpaired) electrons. The molecule has 1 fully saturated rings. The molecule has 2 aromatic carbocycles. The maximum atomic E-state index is 13.3. The molecule has 1 saturated heterocycles. The van der Waals surface area contributed by atoms with E-state index in [1.165, 1.54) is 18.6 Å². The number of aromatic nitrogens is 3. The van der Waals surface area contributed by atoms with E-state index in [-0.39, 0.29) is 18.2 Å². The van der Waals surface area contributed by atoms with Crippen molar-refractivity contribution < 1.29 is 9.13 Å². The highest BCUT2D eigenvalue weighted by atomic mass is 79.9. The number of halogens is 4. The molecule has 34 heavy (non-hydrogen) atoms. The van der Waals surface area contributed by atoms with Crippen molar-refractivity contribution >= 4 is 74.0 Å². The minimum absolute atomic E-state index is 0. The Balaban J connectivity index is 0.00000324. The van der Waals surface area contributed by atoms with Crippen molar-refractivity contribution in [3.8, 4) is 5.75 Å². The predicted molar refractivity (Wildman–Crippen MR) is 142 cm³/mol. The Morgan fingerprint density at radius 2 is 1.74 bits per heavy atom. The first-order valence-corrected chi connectivity index (χ1v) is 12.0. The molecule has 0 unspecified atom stereocenters. The fourth-order valence-corrected chi connectivity index (χ4v) is 4.84. The van der Waals surface area contributed by atoms with Crippen LogP contribution in [0.15, 0.2) is 50.4 Å². The second-order valence-corrected chi connectivity index (χ2v) is 9.11. The number of hydrogen-bond donors (Lipinski definition) is 2. The van der Waals surface area contributed by atoms with Crippen LogP contribution in [0.4, 0.5) is 27.9 Å². The van der Waals surface area contributed by atoms with Crippen molar-refractivity contribution in [3.63, 3.8) is 0 Å². The van der Waals surface area contributed by atoms with Gasteiger partial charge in [0.15, 0.2) is 0 Å². The highest BCUT2D eigenvalue weighted by molar-refractivity contribution is 9.11. The summed E-state index contributed by atoms with van der Waals surface area (Å²) in [5, 5.41) is 7.42. The second kappa shape index (κ2) is 12.3. The third kappa shape index (κ3) is 6.77. The van der Waals surface area contributed by atoms with Crippen LogP contribution < -0.4 is 20.4 Å². The molecule has 0 spiro atoms. The number of rotatable bonds is 7. The Morgan fingerprint density at radius 3 is 2.44 bits per heavy atom. The van der Waals surface area contributed by atoms with Crippen molar-refractivity contribution in [1.29, 1.82) is 0 Å². The predicted octanol–water partition coefficient (Wildman–Crippen LogP) is 6.15. The largest absolute Gasteiger partial charge is 0.495 e. The summed E-state index contributed by atoms with van der Waals surface area (Å²) < 4.78 is 20.4.